The van der Waals surface area contributed by atoms with Gasteiger partial charge in [-0.05, 0) is 38.1 Å². The summed E-state index contributed by atoms with van der Waals surface area (Å²) in [5.74, 6) is 2.17. The second-order valence-corrected chi connectivity index (χ2v) is 6.33. The zero-order valence-electron chi connectivity index (χ0n) is 14.0. The number of rotatable bonds is 7. The lowest BCUT2D eigenvalue weighted by Crippen LogP contribution is -2.41. The van der Waals surface area contributed by atoms with Crippen LogP contribution >= 0.6 is 24.0 Å². The van der Waals surface area contributed by atoms with Crippen LogP contribution < -0.4 is 11.1 Å². The van der Waals surface area contributed by atoms with E-state index >= 15 is 0 Å². The summed E-state index contributed by atoms with van der Waals surface area (Å²) in [6, 6.07) is 0.201. The third-order valence-electron chi connectivity index (χ3n) is 3.67. The molecule has 3 atom stereocenters. The van der Waals surface area contributed by atoms with E-state index in [9.17, 15) is 0 Å². The van der Waals surface area contributed by atoms with Crippen molar-refractivity contribution < 1.29 is 4.74 Å². The maximum Gasteiger partial charge on any atom is 0.188 e. The Labute approximate surface area is 147 Å². The van der Waals surface area contributed by atoms with Crippen molar-refractivity contribution in [1.82, 2.24) is 10.2 Å². The van der Waals surface area contributed by atoms with Gasteiger partial charge in [-0.1, -0.05) is 13.8 Å². The van der Waals surface area contributed by atoms with E-state index in [1.807, 2.05) is 6.92 Å². The number of aliphatic imine (C=N–C) groups is 1. The number of likely N-dealkylation sites (tertiary alicyclic amines) is 1. The first-order chi connectivity index (χ1) is 9.51. The Morgan fingerprint density at radius 2 is 2.00 bits per heavy atom. The summed E-state index contributed by atoms with van der Waals surface area (Å²) in [7, 11) is 1.69. The molecule has 0 aromatic carbocycles. The van der Waals surface area contributed by atoms with E-state index in [1.54, 1.807) is 7.11 Å². The van der Waals surface area contributed by atoms with Crippen molar-refractivity contribution >= 4 is 29.9 Å². The molecule has 3 unspecified atom stereocenters. The monoisotopic (exact) mass is 412 g/mol. The molecular weight excluding hydrogens is 379 g/mol. The van der Waals surface area contributed by atoms with Crippen LogP contribution in [0.2, 0.25) is 0 Å². The molecule has 5 nitrogen and oxygen atoms in total. The number of hydrogen-bond acceptors (Lipinski definition) is 3. The van der Waals surface area contributed by atoms with Gasteiger partial charge in [-0.3, -0.25) is 4.99 Å². The number of nitrogens with one attached hydrogen (secondary N) is 1. The van der Waals surface area contributed by atoms with Crippen LogP contribution in [0.5, 0.6) is 0 Å². The topological polar surface area (TPSA) is 62.9 Å². The molecule has 0 aliphatic carbocycles. The Hall–Kier alpha value is -0.0800. The van der Waals surface area contributed by atoms with Crippen LogP contribution in [0.1, 0.15) is 33.6 Å². The van der Waals surface area contributed by atoms with E-state index in [-0.39, 0.29) is 30.0 Å². The lowest BCUT2D eigenvalue weighted by Gasteiger charge is -2.34. The van der Waals surface area contributed by atoms with Crippen LogP contribution in [0.3, 0.4) is 0 Å². The third-order valence-corrected chi connectivity index (χ3v) is 3.67. The summed E-state index contributed by atoms with van der Waals surface area (Å²) in [6.07, 6.45) is 2.43. The van der Waals surface area contributed by atoms with Crippen molar-refractivity contribution in [3.63, 3.8) is 0 Å². The van der Waals surface area contributed by atoms with Gasteiger partial charge in [-0.25, -0.2) is 0 Å². The van der Waals surface area contributed by atoms with Crippen molar-refractivity contribution in [2.75, 3.05) is 39.9 Å². The zero-order chi connectivity index (χ0) is 15.0. The molecule has 3 N–H and O–H groups in total. The Morgan fingerprint density at radius 3 is 2.57 bits per heavy atom. The molecule has 6 heteroatoms. The molecular formula is C15H33IN4O. The van der Waals surface area contributed by atoms with Gasteiger partial charge >= 0.3 is 0 Å². The van der Waals surface area contributed by atoms with Gasteiger partial charge in [-0.15, -0.1) is 24.0 Å². The van der Waals surface area contributed by atoms with Gasteiger partial charge in [-0.2, -0.15) is 0 Å². The lowest BCUT2D eigenvalue weighted by molar-refractivity contribution is 0.140. The minimum Gasteiger partial charge on any atom is -0.383 e. The molecule has 126 valence electrons. The predicted octanol–water partition coefficient (Wildman–Crippen LogP) is 1.91. The number of halogens is 1. The van der Waals surface area contributed by atoms with Crippen LogP contribution in [0, 0.1) is 11.8 Å². The largest absolute Gasteiger partial charge is 0.383 e. The Balaban J connectivity index is 0.00000400. The van der Waals surface area contributed by atoms with Crippen molar-refractivity contribution in [2.24, 2.45) is 22.6 Å². The highest BCUT2D eigenvalue weighted by Crippen LogP contribution is 2.20. The fraction of sp³-hybridized carbons (Fsp3) is 0.933. The standard InChI is InChI=1S/C15H32N4O.HI/c1-12-8-13(2)10-19(9-12)7-5-6-17-15(16)18-14(3)11-20-4;/h12-14H,5-11H2,1-4H3,(H3,16,17,18);1H. The first kappa shape index (κ1) is 20.9. The Morgan fingerprint density at radius 1 is 1.38 bits per heavy atom. The quantitative estimate of drug-likeness (QED) is 0.290. The first-order valence-corrected chi connectivity index (χ1v) is 7.79. The van der Waals surface area contributed by atoms with Crippen molar-refractivity contribution in [2.45, 2.75) is 39.7 Å². The van der Waals surface area contributed by atoms with E-state index < -0.39 is 0 Å². The van der Waals surface area contributed by atoms with Crippen LogP contribution in [0.25, 0.3) is 0 Å². The molecule has 1 aliphatic rings. The highest BCUT2D eigenvalue weighted by Gasteiger charge is 2.20. The number of methoxy groups -OCH3 is 1. The van der Waals surface area contributed by atoms with Gasteiger partial charge in [0.15, 0.2) is 5.96 Å². The zero-order valence-corrected chi connectivity index (χ0v) is 16.3. The molecule has 1 heterocycles. The van der Waals surface area contributed by atoms with E-state index in [0.29, 0.717) is 12.6 Å². The summed E-state index contributed by atoms with van der Waals surface area (Å²) in [5.41, 5.74) is 5.84. The maximum absolute atomic E-state index is 5.84. The number of nitrogens with zero attached hydrogens (tertiary/aromatic N) is 2. The fourth-order valence-electron chi connectivity index (χ4n) is 3.06. The second kappa shape index (κ2) is 11.5. The van der Waals surface area contributed by atoms with Gasteiger partial charge in [0.2, 0.25) is 0 Å². The number of piperidine rings is 1. The van der Waals surface area contributed by atoms with Gasteiger partial charge < -0.3 is 20.7 Å². The number of nitrogens with two attached hydrogens (primary N) is 1. The van der Waals surface area contributed by atoms with Crippen molar-refractivity contribution in [1.29, 1.82) is 0 Å². The Bertz CT molecular complexity index is 291. The second-order valence-electron chi connectivity index (χ2n) is 6.33. The first-order valence-electron chi connectivity index (χ1n) is 7.79. The third kappa shape index (κ3) is 9.52. The van der Waals surface area contributed by atoms with Crippen LogP contribution in [0.15, 0.2) is 4.99 Å². The van der Waals surface area contributed by atoms with E-state index in [4.69, 9.17) is 10.5 Å². The normalized spacial score (nSPS) is 25.2. The molecule has 0 spiro atoms. The van der Waals surface area contributed by atoms with E-state index in [2.05, 4.69) is 29.1 Å². The molecule has 0 aromatic heterocycles. The Kier molecular flexibility index (Phi) is 11.4. The average molecular weight is 412 g/mol. The molecule has 1 saturated heterocycles. The van der Waals surface area contributed by atoms with Crippen molar-refractivity contribution in [3.8, 4) is 0 Å². The molecule has 1 aliphatic heterocycles. The molecule has 1 fully saturated rings. The summed E-state index contributed by atoms with van der Waals surface area (Å²) in [6.45, 7) is 11.7. The van der Waals surface area contributed by atoms with Crippen LogP contribution in [0.4, 0.5) is 0 Å². The summed E-state index contributed by atoms with van der Waals surface area (Å²) in [4.78, 5) is 6.93. The van der Waals surface area contributed by atoms with E-state index in [1.165, 1.54) is 19.5 Å². The molecule has 0 amide bonds. The molecule has 0 bridgehead atoms. The summed E-state index contributed by atoms with van der Waals surface area (Å²) >= 11 is 0. The highest BCUT2D eigenvalue weighted by molar-refractivity contribution is 14.0. The van der Waals surface area contributed by atoms with Crippen LogP contribution in [-0.4, -0.2) is 56.8 Å². The predicted molar refractivity (Wildman–Crippen MR) is 100 cm³/mol. The number of ether oxygens (including phenoxy) is 1. The summed E-state index contributed by atoms with van der Waals surface area (Å²) < 4.78 is 5.05. The molecule has 0 aromatic rings. The minimum absolute atomic E-state index is 0. The average Bonchev–Trinajstić information content (AvgIpc) is 2.33. The van der Waals surface area contributed by atoms with Gasteiger partial charge in [0.05, 0.1) is 6.61 Å². The fourth-order valence-corrected chi connectivity index (χ4v) is 3.06. The maximum atomic E-state index is 5.84. The molecule has 1 rings (SSSR count). The molecule has 21 heavy (non-hydrogen) atoms. The highest BCUT2D eigenvalue weighted by atomic mass is 127. The van der Waals surface area contributed by atoms with Gasteiger partial charge in [0, 0.05) is 32.8 Å². The lowest BCUT2D eigenvalue weighted by atomic mass is 9.92. The van der Waals surface area contributed by atoms with Crippen molar-refractivity contribution in [3.05, 3.63) is 0 Å². The molecule has 0 radical (unpaired) electrons. The summed E-state index contributed by atoms with van der Waals surface area (Å²) in [5, 5.41) is 3.12. The number of hydrogen-bond donors (Lipinski definition) is 2. The van der Waals surface area contributed by atoms with E-state index in [0.717, 1.165) is 31.3 Å². The van der Waals surface area contributed by atoms with Crippen LogP contribution in [-0.2, 0) is 4.74 Å². The van der Waals surface area contributed by atoms with Gasteiger partial charge in [0.25, 0.3) is 0 Å². The van der Waals surface area contributed by atoms with Gasteiger partial charge in [0.1, 0.15) is 0 Å². The smallest absolute Gasteiger partial charge is 0.188 e. The SMILES string of the molecule is COCC(C)NC(N)=NCCCN1CC(C)CC(C)C1.I. The number of guanidine groups is 1. The molecule has 0 saturated carbocycles. The minimum atomic E-state index is 0.